The van der Waals surface area contributed by atoms with Gasteiger partial charge >= 0.3 is 6.09 Å². The molecule has 1 atom stereocenters. The van der Waals surface area contributed by atoms with Crippen LogP contribution in [0, 0.1) is 13.8 Å². The highest BCUT2D eigenvalue weighted by molar-refractivity contribution is 6.03. The molecule has 0 spiro atoms. The van der Waals surface area contributed by atoms with E-state index in [0.717, 1.165) is 6.42 Å². The van der Waals surface area contributed by atoms with Gasteiger partial charge in [0, 0.05) is 44.0 Å². The zero-order valence-corrected chi connectivity index (χ0v) is 19.9. The fourth-order valence-electron chi connectivity index (χ4n) is 4.55. The molecular formula is C23H34N4O5. The molecule has 0 saturated carbocycles. The number of likely N-dealkylation sites (tertiary alicyclic amines) is 1. The number of aryl methyl sites for hydroxylation is 1. The van der Waals surface area contributed by atoms with E-state index in [9.17, 15) is 19.2 Å². The molecule has 9 heteroatoms. The molecule has 3 amide bonds. The third-order valence-corrected chi connectivity index (χ3v) is 6.05. The van der Waals surface area contributed by atoms with Crippen LogP contribution in [0.4, 0.5) is 4.79 Å². The maximum absolute atomic E-state index is 13.3. The molecule has 1 aromatic heterocycles. The largest absolute Gasteiger partial charge is 0.444 e. The van der Waals surface area contributed by atoms with Crippen LogP contribution in [0.15, 0.2) is 0 Å². The number of ether oxygens (including phenoxy) is 1. The summed E-state index contributed by atoms with van der Waals surface area (Å²) in [7, 11) is 0. The molecule has 2 fully saturated rings. The van der Waals surface area contributed by atoms with Gasteiger partial charge in [0.25, 0.3) is 5.91 Å². The van der Waals surface area contributed by atoms with E-state index in [4.69, 9.17) is 4.74 Å². The first-order chi connectivity index (χ1) is 14.9. The monoisotopic (exact) mass is 446 g/mol. The van der Waals surface area contributed by atoms with Crippen LogP contribution in [-0.4, -0.2) is 87.7 Å². The van der Waals surface area contributed by atoms with E-state index in [1.807, 2.05) is 20.8 Å². The molecule has 0 aliphatic carbocycles. The summed E-state index contributed by atoms with van der Waals surface area (Å²) in [4.78, 5) is 58.7. The number of rotatable bonds is 3. The number of ketones is 1. The van der Waals surface area contributed by atoms with Crippen LogP contribution in [0.25, 0.3) is 0 Å². The maximum atomic E-state index is 13.3. The third kappa shape index (κ3) is 4.81. The summed E-state index contributed by atoms with van der Waals surface area (Å²) in [5, 5.41) is 0. The minimum Gasteiger partial charge on any atom is -0.444 e. The summed E-state index contributed by atoms with van der Waals surface area (Å²) in [6.45, 7) is 12.6. The van der Waals surface area contributed by atoms with Crippen molar-refractivity contribution in [3.05, 3.63) is 22.5 Å². The fourth-order valence-corrected chi connectivity index (χ4v) is 4.55. The van der Waals surface area contributed by atoms with Crippen molar-refractivity contribution in [3.8, 4) is 0 Å². The van der Waals surface area contributed by atoms with Crippen molar-refractivity contribution in [2.75, 3.05) is 32.7 Å². The Labute approximate surface area is 189 Å². The molecule has 32 heavy (non-hydrogen) atoms. The zero-order valence-electron chi connectivity index (χ0n) is 19.9. The molecular weight excluding hydrogens is 412 g/mol. The maximum Gasteiger partial charge on any atom is 0.410 e. The van der Waals surface area contributed by atoms with Gasteiger partial charge in [0.2, 0.25) is 5.91 Å². The first-order valence-electron chi connectivity index (χ1n) is 11.2. The normalized spacial score (nSPS) is 19.3. The Hall–Kier alpha value is -2.84. The average molecular weight is 447 g/mol. The molecule has 2 aliphatic heterocycles. The Balaban J connectivity index is 1.67. The van der Waals surface area contributed by atoms with Crippen LogP contribution in [0.5, 0.6) is 0 Å². The quantitative estimate of drug-likeness (QED) is 0.719. The number of hydrogen-bond acceptors (Lipinski definition) is 5. The molecule has 3 rings (SSSR count). The van der Waals surface area contributed by atoms with E-state index in [1.54, 1.807) is 28.5 Å². The van der Waals surface area contributed by atoms with Crippen molar-refractivity contribution >= 4 is 23.7 Å². The molecule has 0 aromatic carbocycles. The van der Waals surface area contributed by atoms with Crippen LogP contribution in [0.2, 0.25) is 0 Å². The lowest BCUT2D eigenvalue weighted by Gasteiger charge is -2.37. The Morgan fingerprint density at radius 3 is 2.09 bits per heavy atom. The first-order valence-corrected chi connectivity index (χ1v) is 11.2. The zero-order chi connectivity index (χ0) is 23.8. The molecule has 2 aliphatic rings. The number of nitrogens with one attached hydrogen (secondary N) is 1. The fraction of sp³-hybridized carbons (Fsp3) is 0.652. The van der Waals surface area contributed by atoms with Crippen LogP contribution in [0.1, 0.15) is 72.6 Å². The van der Waals surface area contributed by atoms with Gasteiger partial charge in [-0.05, 0) is 59.9 Å². The number of hydrogen-bond donors (Lipinski definition) is 1. The van der Waals surface area contributed by atoms with Gasteiger partial charge in [-0.15, -0.1) is 0 Å². The van der Waals surface area contributed by atoms with Crippen LogP contribution < -0.4 is 0 Å². The number of aromatic nitrogens is 1. The summed E-state index contributed by atoms with van der Waals surface area (Å²) in [6, 6.07) is -0.528. The second-order valence-corrected chi connectivity index (χ2v) is 9.63. The van der Waals surface area contributed by atoms with Crippen LogP contribution in [0.3, 0.4) is 0 Å². The third-order valence-electron chi connectivity index (χ3n) is 6.05. The number of H-pyrrole nitrogens is 1. The number of Topliss-reactive ketones (excluding diaryl/α,β-unsaturated/α-hetero) is 1. The van der Waals surface area contributed by atoms with Crippen molar-refractivity contribution in [2.45, 2.75) is 66.0 Å². The van der Waals surface area contributed by atoms with Crippen LogP contribution in [-0.2, 0) is 9.53 Å². The molecule has 0 bridgehead atoms. The summed E-state index contributed by atoms with van der Waals surface area (Å²) < 4.78 is 5.41. The summed E-state index contributed by atoms with van der Waals surface area (Å²) in [6.07, 6.45) is 0.981. The highest BCUT2D eigenvalue weighted by Crippen LogP contribution is 2.26. The van der Waals surface area contributed by atoms with Crippen LogP contribution >= 0.6 is 0 Å². The lowest BCUT2D eigenvalue weighted by molar-refractivity contribution is -0.137. The minimum absolute atomic E-state index is 0.0904. The van der Waals surface area contributed by atoms with Crippen molar-refractivity contribution in [3.63, 3.8) is 0 Å². The number of amides is 3. The lowest BCUT2D eigenvalue weighted by Crippen LogP contribution is -2.55. The van der Waals surface area contributed by atoms with Gasteiger partial charge in [0.05, 0.1) is 0 Å². The predicted molar refractivity (Wildman–Crippen MR) is 119 cm³/mol. The number of nitrogens with zero attached hydrogens (tertiary/aromatic N) is 3. The van der Waals surface area contributed by atoms with Gasteiger partial charge in [-0.1, -0.05) is 0 Å². The molecule has 1 aromatic rings. The second kappa shape index (κ2) is 8.96. The molecule has 3 heterocycles. The minimum atomic E-state index is -0.564. The van der Waals surface area contributed by atoms with Gasteiger partial charge < -0.3 is 24.4 Å². The Bertz CT molecular complexity index is 922. The number of piperazine rings is 1. The predicted octanol–water partition coefficient (Wildman–Crippen LogP) is 2.52. The molecule has 2 saturated heterocycles. The Kier molecular flexibility index (Phi) is 6.67. The molecule has 1 unspecified atom stereocenters. The van der Waals surface area contributed by atoms with Gasteiger partial charge in [-0.25, -0.2) is 4.79 Å². The van der Waals surface area contributed by atoms with E-state index in [0.29, 0.717) is 61.7 Å². The number of carbonyl (C=O) groups is 4. The standard InChI is InChI=1S/C23H34N4O5/c1-14-18(16(3)28)15(2)24-19(14)21(30)27-9-7-8-17(27)20(29)25-10-12-26(13-11-25)22(31)32-23(4,5)6/h17,24H,7-13H2,1-6H3. The Morgan fingerprint density at radius 2 is 1.56 bits per heavy atom. The van der Waals surface area contributed by atoms with Gasteiger partial charge in [-0.2, -0.15) is 0 Å². The van der Waals surface area contributed by atoms with Gasteiger partial charge in [0.15, 0.2) is 5.78 Å². The van der Waals surface area contributed by atoms with Gasteiger partial charge in [0.1, 0.15) is 17.3 Å². The molecule has 1 N–H and O–H groups in total. The van der Waals surface area contributed by atoms with E-state index in [-0.39, 0.29) is 23.7 Å². The van der Waals surface area contributed by atoms with Crippen molar-refractivity contribution in [1.29, 1.82) is 0 Å². The van der Waals surface area contributed by atoms with Crippen molar-refractivity contribution in [1.82, 2.24) is 19.7 Å². The topological polar surface area (TPSA) is 103 Å². The lowest BCUT2D eigenvalue weighted by atomic mass is 10.1. The summed E-state index contributed by atoms with van der Waals surface area (Å²) >= 11 is 0. The Morgan fingerprint density at radius 1 is 0.969 bits per heavy atom. The van der Waals surface area contributed by atoms with E-state index in [1.165, 1.54) is 6.92 Å². The number of carbonyl (C=O) groups excluding carboxylic acids is 4. The molecule has 0 radical (unpaired) electrons. The van der Waals surface area contributed by atoms with Crippen molar-refractivity contribution in [2.24, 2.45) is 0 Å². The highest BCUT2D eigenvalue weighted by Gasteiger charge is 2.39. The SMILES string of the molecule is CC(=O)c1c(C)[nH]c(C(=O)N2CCCC2C(=O)N2CCN(C(=O)OC(C)(C)C)CC2)c1C. The smallest absolute Gasteiger partial charge is 0.410 e. The van der Waals surface area contributed by atoms with Gasteiger partial charge in [-0.3, -0.25) is 14.4 Å². The average Bonchev–Trinajstić information content (AvgIpc) is 3.30. The summed E-state index contributed by atoms with van der Waals surface area (Å²) in [5.74, 6) is -0.430. The molecule has 176 valence electrons. The summed E-state index contributed by atoms with van der Waals surface area (Å²) in [5.41, 5.74) is 1.64. The van der Waals surface area contributed by atoms with E-state index in [2.05, 4.69) is 4.98 Å². The van der Waals surface area contributed by atoms with Crippen molar-refractivity contribution < 1.29 is 23.9 Å². The first kappa shape index (κ1) is 23.8. The van der Waals surface area contributed by atoms with E-state index >= 15 is 0 Å². The molecule has 9 nitrogen and oxygen atoms in total. The second-order valence-electron chi connectivity index (χ2n) is 9.63. The van der Waals surface area contributed by atoms with E-state index < -0.39 is 11.6 Å². The number of aromatic amines is 1. The highest BCUT2D eigenvalue weighted by atomic mass is 16.6.